The Morgan fingerprint density at radius 3 is 2.59 bits per heavy atom. The number of nitrogens with zero attached hydrogens (tertiary/aromatic N) is 3. The van der Waals surface area contributed by atoms with Crippen molar-refractivity contribution in [3.8, 4) is 0 Å². The van der Waals surface area contributed by atoms with Crippen molar-refractivity contribution < 1.29 is 14.3 Å². The first-order valence-electron chi connectivity index (χ1n) is 7.26. The Labute approximate surface area is 130 Å². The summed E-state index contributed by atoms with van der Waals surface area (Å²) in [6, 6.07) is 3.41. The van der Waals surface area contributed by atoms with Crippen LogP contribution in [0.15, 0.2) is 18.3 Å². The van der Waals surface area contributed by atoms with E-state index in [2.05, 4.69) is 4.98 Å². The molecule has 2 amide bonds. The van der Waals surface area contributed by atoms with E-state index in [1.165, 1.54) is 0 Å². The molecule has 0 saturated carbocycles. The van der Waals surface area contributed by atoms with Crippen LogP contribution in [-0.2, 0) is 9.53 Å². The molecule has 0 aliphatic carbocycles. The van der Waals surface area contributed by atoms with Crippen molar-refractivity contribution in [1.82, 2.24) is 9.88 Å². The van der Waals surface area contributed by atoms with Gasteiger partial charge in [0.15, 0.2) is 0 Å². The number of pyridine rings is 1. The van der Waals surface area contributed by atoms with Crippen LogP contribution in [0.1, 0.15) is 27.2 Å². The van der Waals surface area contributed by atoms with E-state index in [1.54, 1.807) is 28.1 Å². The van der Waals surface area contributed by atoms with Crippen LogP contribution in [0.4, 0.5) is 16.3 Å². The molecule has 22 heavy (non-hydrogen) atoms. The molecule has 1 aliphatic heterocycles. The van der Waals surface area contributed by atoms with Crippen LogP contribution in [0.2, 0.25) is 0 Å². The van der Waals surface area contributed by atoms with Crippen molar-refractivity contribution in [2.24, 2.45) is 0 Å². The predicted octanol–water partition coefficient (Wildman–Crippen LogP) is 1.64. The molecule has 0 spiro atoms. The number of anilines is 2. The third kappa shape index (κ3) is 4.09. The molecule has 2 N–H and O–H groups in total. The molecule has 1 aliphatic rings. The lowest BCUT2D eigenvalue weighted by molar-refractivity contribution is -0.118. The van der Waals surface area contributed by atoms with Crippen LogP contribution in [0.25, 0.3) is 0 Å². The zero-order chi connectivity index (χ0) is 16.3. The van der Waals surface area contributed by atoms with Gasteiger partial charge in [-0.1, -0.05) is 0 Å². The zero-order valence-electron chi connectivity index (χ0n) is 13.2. The predicted molar refractivity (Wildman–Crippen MR) is 83.4 cm³/mol. The number of rotatable bonds is 1. The van der Waals surface area contributed by atoms with Crippen molar-refractivity contribution >= 4 is 23.5 Å². The smallest absolute Gasteiger partial charge is 0.410 e. The Morgan fingerprint density at radius 1 is 1.27 bits per heavy atom. The molecule has 7 nitrogen and oxygen atoms in total. The molecular weight excluding hydrogens is 284 g/mol. The highest BCUT2D eigenvalue weighted by Gasteiger charge is 2.27. The number of hydrogen-bond donors (Lipinski definition) is 1. The normalized spacial score (nSPS) is 16.4. The highest BCUT2D eigenvalue weighted by atomic mass is 16.6. The second-order valence-electron chi connectivity index (χ2n) is 6.20. The number of nitrogens with two attached hydrogens (primary N) is 1. The minimum absolute atomic E-state index is 0.0439. The quantitative estimate of drug-likeness (QED) is 0.852. The summed E-state index contributed by atoms with van der Waals surface area (Å²) in [6.45, 7) is 6.64. The molecule has 0 atom stereocenters. The van der Waals surface area contributed by atoms with Gasteiger partial charge in [0.1, 0.15) is 11.4 Å². The van der Waals surface area contributed by atoms with E-state index in [4.69, 9.17) is 10.5 Å². The molecular formula is C15H22N4O3. The van der Waals surface area contributed by atoms with Gasteiger partial charge in [-0.05, 0) is 32.9 Å². The summed E-state index contributed by atoms with van der Waals surface area (Å²) in [7, 11) is 0. The summed E-state index contributed by atoms with van der Waals surface area (Å²) >= 11 is 0. The molecule has 0 radical (unpaired) electrons. The van der Waals surface area contributed by atoms with E-state index in [1.807, 2.05) is 20.8 Å². The minimum atomic E-state index is -0.548. The first-order chi connectivity index (χ1) is 10.3. The van der Waals surface area contributed by atoms with Crippen LogP contribution in [0, 0.1) is 0 Å². The van der Waals surface area contributed by atoms with Gasteiger partial charge >= 0.3 is 6.09 Å². The number of carbonyl (C=O) groups excluding carboxylic acids is 2. The maximum Gasteiger partial charge on any atom is 0.410 e. The lowest BCUT2D eigenvalue weighted by atomic mass is 10.2. The van der Waals surface area contributed by atoms with Crippen LogP contribution < -0.4 is 10.6 Å². The van der Waals surface area contributed by atoms with Gasteiger partial charge in [0.05, 0.1) is 11.9 Å². The maximum absolute atomic E-state index is 12.2. The van der Waals surface area contributed by atoms with Gasteiger partial charge in [-0.2, -0.15) is 0 Å². The van der Waals surface area contributed by atoms with Crippen LogP contribution in [0.3, 0.4) is 0 Å². The SMILES string of the molecule is CC(C)(C)OC(=O)N1CCC(=O)N(c2ccc(N)nc2)CC1. The van der Waals surface area contributed by atoms with E-state index in [9.17, 15) is 9.59 Å². The topological polar surface area (TPSA) is 88.8 Å². The summed E-state index contributed by atoms with van der Waals surface area (Å²) in [5.41, 5.74) is 5.70. The molecule has 120 valence electrons. The Kier molecular flexibility index (Phi) is 4.54. The molecule has 0 bridgehead atoms. The molecule has 2 rings (SSSR count). The summed E-state index contributed by atoms with van der Waals surface area (Å²) in [4.78, 5) is 31.5. The first kappa shape index (κ1) is 16.1. The fourth-order valence-corrected chi connectivity index (χ4v) is 2.16. The largest absolute Gasteiger partial charge is 0.444 e. The third-order valence-corrected chi connectivity index (χ3v) is 3.22. The average Bonchev–Trinajstić information content (AvgIpc) is 2.60. The van der Waals surface area contributed by atoms with Crippen molar-refractivity contribution in [2.75, 3.05) is 30.3 Å². The number of ether oxygens (including phenoxy) is 1. The Morgan fingerprint density at radius 2 is 2.00 bits per heavy atom. The fraction of sp³-hybridized carbons (Fsp3) is 0.533. The van der Waals surface area contributed by atoms with Crippen LogP contribution >= 0.6 is 0 Å². The fourth-order valence-electron chi connectivity index (χ4n) is 2.16. The number of hydrogen-bond acceptors (Lipinski definition) is 5. The van der Waals surface area contributed by atoms with Crippen LogP contribution in [-0.4, -0.2) is 47.1 Å². The molecule has 1 fully saturated rings. The molecule has 1 aromatic heterocycles. The zero-order valence-corrected chi connectivity index (χ0v) is 13.2. The molecule has 0 unspecified atom stereocenters. The van der Waals surface area contributed by atoms with Gasteiger partial charge in [0, 0.05) is 26.1 Å². The molecule has 1 saturated heterocycles. The first-order valence-corrected chi connectivity index (χ1v) is 7.26. The summed E-state index contributed by atoms with van der Waals surface area (Å²) in [5, 5.41) is 0. The number of carbonyl (C=O) groups is 2. The Hall–Kier alpha value is -2.31. The van der Waals surface area contributed by atoms with Gasteiger partial charge in [-0.3, -0.25) is 4.79 Å². The standard InChI is InChI=1S/C15H22N4O3/c1-15(2,3)22-14(21)18-7-6-13(20)19(9-8-18)11-4-5-12(16)17-10-11/h4-5,10H,6-9H2,1-3H3,(H2,16,17). The highest BCUT2D eigenvalue weighted by Crippen LogP contribution is 2.18. The molecule has 2 heterocycles. The van der Waals surface area contributed by atoms with Crippen LogP contribution in [0.5, 0.6) is 0 Å². The average molecular weight is 306 g/mol. The molecule has 1 aromatic rings. The second kappa shape index (κ2) is 6.21. The van der Waals surface area contributed by atoms with Crippen molar-refractivity contribution in [3.63, 3.8) is 0 Å². The number of aromatic nitrogens is 1. The van der Waals surface area contributed by atoms with E-state index in [0.29, 0.717) is 31.1 Å². The summed E-state index contributed by atoms with van der Waals surface area (Å²) < 4.78 is 5.35. The van der Waals surface area contributed by atoms with Crippen molar-refractivity contribution in [3.05, 3.63) is 18.3 Å². The van der Waals surface area contributed by atoms with Gasteiger partial charge in [0.2, 0.25) is 5.91 Å². The lowest BCUT2D eigenvalue weighted by Crippen LogP contribution is -2.39. The third-order valence-electron chi connectivity index (χ3n) is 3.22. The lowest BCUT2D eigenvalue weighted by Gasteiger charge is -2.26. The van der Waals surface area contributed by atoms with Gasteiger partial charge < -0.3 is 20.3 Å². The number of nitrogen functional groups attached to an aromatic ring is 1. The second-order valence-corrected chi connectivity index (χ2v) is 6.20. The van der Waals surface area contributed by atoms with E-state index >= 15 is 0 Å². The minimum Gasteiger partial charge on any atom is -0.444 e. The molecule has 7 heteroatoms. The Balaban J connectivity index is 2.06. The van der Waals surface area contributed by atoms with Gasteiger partial charge in [-0.15, -0.1) is 0 Å². The summed E-state index contributed by atoms with van der Waals surface area (Å²) in [5.74, 6) is 0.360. The van der Waals surface area contributed by atoms with Gasteiger partial charge in [0.25, 0.3) is 0 Å². The Bertz CT molecular complexity index is 551. The van der Waals surface area contributed by atoms with E-state index in [0.717, 1.165) is 0 Å². The highest BCUT2D eigenvalue weighted by molar-refractivity contribution is 5.94. The maximum atomic E-state index is 12.2. The van der Waals surface area contributed by atoms with Gasteiger partial charge in [-0.25, -0.2) is 9.78 Å². The number of amides is 2. The van der Waals surface area contributed by atoms with Crippen molar-refractivity contribution in [1.29, 1.82) is 0 Å². The van der Waals surface area contributed by atoms with E-state index < -0.39 is 11.7 Å². The molecule has 0 aromatic carbocycles. The summed E-state index contributed by atoms with van der Waals surface area (Å²) in [6.07, 6.45) is 1.43. The van der Waals surface area contributed by atoms with E-state index in [-0.39, 0.29) is 12.3 Å². The monoisotopic (exact) mass is 306 g/mol. The van der Waals surface area contributed by atoms with Crippen molar-refractivity contribution in [2.45, 2.75) is 32.8 Å².